The summed E-state index contributed by atoms with van der Waals surface area (Å²) >= 11 is 9.22. The molecule has 9 nitrogen and oxygen atoms in total. The van der Waals surface area contributed by atoms with Crippen LogP contribution in [-0.4, -0.2) is 26.7 Å². The Morgan fingerprint density at radius 1 is 1.16 bits per heavy atom. The van der Waals surface area contributed by atoms with Gasteiger partial charge in [-0.3, -0.25) is 20.3 Å². The summed E-state index contributed by atoms with van der Waals surface area (Å²) in [7, 11) is -2.57. The zero-order chi connectivity index (χ0) is 23.3. The number of hydrogen-bond donors (Lipinski definition) is 2. The summed E-state index contributed by atoms with van der Waals surface area (Å²) in [4.78, 5) is 10.6. The molecule has 0 radical (unpaired) electrons. The zero-order valence-corrected chi connectivity index (χ0v) is 19.6. The Bertz CT molecular complexity index is 1300. The third-order valence-corrected chi connectivity index (χ3v) is 6.24. The third kappa shape index (κ3) is 5.75. The topological polar surface area (TPSA) is 123 Å². The molecule has 0 heterocycles. The molecule has 0 amide bonds. The molecule has 0 aliphatic carbocycles. The minimum atomic E-state index is -4.08. The molecule has 12 heteroatoms. The number of nitro benzene ring substituents is 1. The Morgan fingerprint density at radius 2 is 1.94 bits per heavy atom. The lowest BCUT2D eigenvalue weighted by Crippen LogP contribution is -2.13. The molecule has 0 spiro atoms. The highest BCUT2D eigenvalue weighted by molar-refractivity contribution is 9.10. The number of ether oxygens (including phenoxy) is 1. The minimum absolute atomic E-state index is 0.0157. The molecule has 0 unspecified atom stereocenters. The van der Waals surface area contributed by atoms with Crippen molar-refractivity contribution in [2.45, 2.75) is 4.90 Å². The summed E-state index contributed by atoms with van der Waals surface area (Å²) < 4.78 is 33.7. The highest BCUT2D eigenvalue weighted by Crippen LogP contribution is 2.29. The predicted octanol–water partition coefficient (Wildman–Crippen LogP) is 5.27. The lowest BCUT2D eigenvalue weighted by atomic mass is 10.2. The molecule has 0 aliphatic rings. The number of nitrogens with zero attached hydrogens (tertiary/aromatic N) is 2. The van der Waals surface area contributed by atoms with E-state index in [1.54, 1.807) is 30.3 Å². The van der Waals surface area contributed by atoms with Crippen molar-refractivity contribution in [2.24, 2.45) is 5.10 Å². The number of hydrazone groups is 1. The van der Waals surface area contributed by atoms with Crippen LogP contribution in [-0.2, 0) is 10.0 Å². The van der Waals surface area contributed by atoms with Gasteiger partial charge in [0, 0.05) is 21.1 Å². The average molecular weight is 540 g/mol. The first kappa shape index (κ1) is 23.5. The molecule has 0 atom stereocenters. The van der Waals surface area contributed by atoms with E-state index in [4.69, 9.17) is 16.3 Å². The molecule has 0 aromatic heterocycles. The lowest BCUT2D eigenvalue weighted by Gasteiger charge is -2.10. The maximum atomic E-state index is 12.7. The van der Waals surface area contributed by atoms with Crippen molar-refractivity contribution >= 4 is 60.8 Å². The average Bonchev–Trinajstić information content (AvgIpc) is 2.73. The van der Waals surface area contributed by atoms with Crippen LogP contribution in [0.1, 0.15) is 5.56 Å². The highest BCUT2D eigenvalue weighted by Gasteiger charge is 2.21. The number of halogens is 2. The van der Waals surface area contributed by atoms with Crippen LogP contribution >= 0.6 is 27.5 Å². The molecule has 32 heavy (non-hydrogen) atoms. The molecule has 0 fully saturated rings. The van der Waals surface area contributed by atoms with E-state index in [1.165, 1.54) is 37.6 Å². The molecule has 0 saturated carbocycles. The van der Waals surface area contributed by atoms with Gasteiger partial charge in [-0.1, -0.05) is 33.6 Å². The van der Waals surface area contributed by atoms with Gasteiger partial charge < -0.3 is 4.74 Å². The molecular weight excluding hydrogens is 524 g/mol. The molecule has 166 valence electrons. The highest BCUT2D eigenvalue weighted by atomic mass is 79.9. The van der Waals surface area contributed by atoms with Crippen LogP contribution in [0.15, 0.2) is 75.1 Å². The number of anilines is 2. The number of hydrogen-bond acceptors (Lipinski definition) is 7. The van der Waals surface area contributed by atoms with Crippen LogP contribution in [0.2, 0.25) is 5.02 Å². The molecular formula is C20H16BrClN4O5S. The van der Waals surface area contributed by atoms with Gasteiger partial charge >= 0.3 is 0 Å². The quantitative estimate of drug-likeness (QED) is 0.228. The van der Waals surface area contributed by atoms with E-state index >= 15 is 0 Å². The Labute approximate surface area is 197 Å². The molecule has 2 N–H and O–H groups in total. The minimum Gasteiger partial charge on any atom is -0.496 e. The van der Waals surface area contributed by atoms with Gasteiger partial charge in [-0.05, 0) is 48.5 Å². The van der Waals surface area contributed by atoms with Crippen LogP contribution in [0.4, 0.5) is 17.1 Å². The standard InChI is InChI=1S/C20H16BrClN4O5S/c1-31-20-8-5-14(21)9-13(20)12-23-24-18-7-6-17(11-19(18)26(27)28)32(29,30)25-16-4-2-3-15(22)10-16/h2-12,24-25H,1H3/b23-12-. The van der Waals surface area contributed by atoms with E-state index in [-0.39, 0.29) is 16.3 Å². The first-order valence-electron chi connectivity index (χ1n) is 8.89. The van der Waals surface area contributed by atoms with Crippen LogP contribution < -0.4 is 14.9 Å². The lowest BCUT2D eigenvalue weighted by molar-refractivity contribution is -0.384. The number of nitro groups is 1. The Balaban J connectivity index is 1.86. The fourth-order valence-electron chi connectivity index (χ4n) is 2.67. The van der Waals surface area contributed by atoms with Gasteiger partial charge in [0.2, 0.25) is 0 Å². The first-order chi connectivity index (χ1) is 15.2. The fourth-order valence-corrected chi connectivity index (χ4v) is 4.31. The summed E-state index contributed by atoms with van der Waals surface area (Å²) in [5.41, 5.74) is 2.99. The molecule has 3 rings (SSSR count). The normalized spacial score (nSPS) is 11.3. The maximum Gasteiger partial charge on any atom is 0.295 e. The van der Waals surface area contributed by atoms with E-state index in [9.17, 15) is 18.5 Å². The van der Waals surface area contributed by atoms with Crippen molar-refractivity contribution in [1.29, 1.82) is 0 Å². The van der Waals surface area contributed by atoms with Crippen LogP contribution in [0.25, 0.3) is 0 Å². The van der Waals surface area contributed by atoms with Crippen LogP contribution in [0.5, 0.6) is 5.75 Å². The molecule has 0 saturated heterocycles. The monoisotopic (exact) mass is 538 g/mol. The first-order valence-corrected chi connectivity index (χ1v) is 11.5. The van der Waals surface area contributed by atoms with Gasteiger partial charge in [-0.25, -0.2) is 8.42 Å². The zero-order valence-electron chi connectivity index (χ0n) is 16.5. The molecule has 3 aromatic carbocycles. The van der Waals surface area contributed by atoms with Gasteiger partial charge in [-0.2, -0.15) is 5.10 Å². The van der Waals surface area contributed by atoms with E-state index in [1.807, 2.05) is 0 Å². The number of rotatable bonds is 8. The van der Waals surface area contributed by atoms with Crippen molar-refractivity contribution in [1.82, 2.24) is 0 Å². The number of methoxy groups -OCH3 is 1. The van der Waals surface area contributed by atoms with E-state index in [0.717, 1.165) is 10.5 Å². The van der Waals surface area contributed by atoms with Gasteiger partial charge in [0.25, 0.3) is 15.7 Å². The predicted molar refractivity (Wildman–Crippen MR) is 127 cm³/mol. The molecule has 0 aliphatic heterocycles. The summed E-state index contributed by atoms with van der Waals surface area (Å²) in [6, 6.07) is 14.8. The SMILES string of the molecule is COc1ccc(Br)cc1/C=N\Nc1ccc(S(=O)(=O)Nc2cccc(Cl)c2)cc1[N+](=O)[O-]. The summed E-state index contributed by atoms with van der Waals surface area (Å²) in [5, 5.41) is 15.9. The van der Waals surface area contributed by atoms with Crippen molar-refractivity contribution in [3.63, 3.8) is 0 Å². The van der Waals surface area contributed by atoms with E-state index < -0.39 is 20.6 Å². The number of nitrogens with one attached hydrogen (secondary N) is 2. The van der Waals surface area contributed by atoms with Crippen molar-refractivity contribution < 1.29 is 18.1 Å². The van der Waals surface area contributed by atoms with Crippen molar-refractivity contribution in [3.8, 4) is 5.75 Å². The summed E-state index contributed by atoms with van der Waals surface area (Å²) in [6.45, 7) is 0. The van der Waals surface area contributed by atoms with Gasteiger partial charge in [0.15, 0.2) is 0 Å². The molecule has 0 bridgehead atoms. The van der Waals surface area contributed by atoms with Crippen LogP contribution in [0.3, 0.4) is 0 Å². The smallest absolute Gasteiger partial charge is 0.295 e. The Kier molecular flexibility index (Phi) is 7.33. The second kappa shape index (κ2) is 9.98. The van der Waals surface area contributed by atoms with E-state index in [0.29, 0.717) is 16.3 Å². The maximum absolute atomic E-state index is 12.7. The van der Waals surface area contributed by atoms with Gasteiger partial charge in [-0.15, -0.1) is 0 Å². The number of benzene rings is 3. The van der Waals surface area contributed by atoms with Crippen LogP contribution in [0, 0.1) is 10.1 Å². The Hall–Kier alpha value is -3.15. The Morgan fingerprint density at radius 3 is 2.62 bits per heavy atom. The van der Waals surface area contributed by atoms with Crippen molar-refractivity contribution in [2.75, 3.05) is 17.3 Å². The summed E-state index contributed by atoms with van der Waals surface area (Å²) in [5.74, 6) is 0.557. The second-order valence-electron chi connectivity index (χ2n) is 6.31. The van der Waals surface area contributed by atoms with Gasteiger partial charge in [0.05, 0.1) is 28.8 Å². The largest absolute Gasteiger partial charge is 0.496 e. The third-order valence-electron chi connectivity index (χ3n) is 4.13. The van der Waals surface area contributed by atoms with Crippen molar-refractivity contribution in [3.05, 3.63) is 85.8 Å². The van der Waals surface area contributed by atoms with E-state index in [2.05, 4.69) is 31.2 Å². The number of sulfonamides is 1. The second-order valence-corrected chi connectivity index (χ2v) is 9.34. The summed E-state index contributed by atoms with van der Waals surface area (Å²) in [6.07, 6.45) is 1.43. The molecule has 3 aromatic rings. The van der Waals surface area contributed by atoms with Gasteiger partial charge in [0.1, 0.15) is 11.4 Å². The fraction of sp³-hybridized carbons (Fsp3) is 0.0500.